The van der Waals surface area contributed by atoms with Gasteiger partial charge in [-0.3, -0.25) is 19.2 Å². The van der Waals surface area contributed by atoms with E-state index >= 15 is 0 Å². The van der Waals surface area contributed by atoms with Crippen molar-refractivity contribution in [2.45, 2.75) is 260 Å². The van der Waals surface area contributed by atoms with Gasteiger partial charge < -0.3 is 201 Å². The molecule has 0 aliphatic carbocycles. The predicted octanol–water partition coefficient (Wildman–Crippen LogP) is -17.7. The Bertz CT molecular complexity index is 2720. The molecule has 0 saturated carbocycles. The molecule has 0 aromatic carbocycles. The van der Waals surface area contributed by atoms with Gasteiger partial charge in [-0.15, -0.1) is 0 Å². The van der Waals surface area contributed by atoms with Crippen LogP contribution in [0, 0.1) is 0 Å². The van der Waals surface area contributed by atoms with Crippen molar-refractivity contribution in [2.24, 2.45) is 0 Å². The highest BCUT2D eigenvalue weighted by Gasteiger charge is 2.64. The summed E-state index contributed by atoms with van der Waals surface area (Å²) in [6.45, 7) is -6.05. The highest BCUT2D eigenvalue weighted by molar-refractivity contribution is 5.78. The number of carboxylic acid groups (broad SMARTS) is 2. The zero-order chi connectivity index (χ0) is 76.5. The maximum absolute atomic E-state index is 13.5. The van der Waals surface area contributed by atoms with Crippen LogP contribution in [0.15, 0.2) is 0 Å². The fourth-order valence-electron chi connectivity index (χ4n) is 12.5. The number of aliphatic hydroxyl groups excluding tert-OH is 22. The third kappa shape index (κ3) is 19.6. The molecule has 590 valence electrons. The molecule has 0 radical (unpaired) electrons. The summed E-state index contributed by atoms with van der Waals surface area (Å²) in [5.41, 5.74) is 0. The highest BCUT2D eigenvalue weighted by atomic mass is 16.8. The van der Waals surface area contributed by atoms with Gasteiger partial charge in [-0.25, -0.2) is 9.59 Å². The Morgan fingerprint density at radius 2 is 0.853 bits per heavy atom. The van der Waals surface area contributed by atoms with Crippen molar-refractivity contribution in [3.05, 3.63) is 0 Å². The van der Waals surface area contributed by atoms with Crippen molar-refractivity contribution in [3.63, 3.8) is 0 Å². The van der Waals surface area contributed by atoms with E-state index in [2.05, 4.69) is 21.3 Å². The third-order valence-corrected chi connectivity index (χ3v) is 17.7. The van der Waals surface area contributed by atoms with Crippen LogP contribution in [-0.2, 0) is 85.6 Å². The van der Waals surface area contributed by atoms with Gasteiger partial charge in [-0.1, -0.05) is 0 Å². The molecule has 46 heteroatoms. The maximum Gasteiger partial charge on any atom is 0.364 e. The number of ether oxygens (including phenoxy) is 12. The van der Waals surface area contributed by atoms with E-state index in [1.54, 1.807) is 0 Å². The molecule has 0 spiro atoms. The summed E-state index contributed by atoms with van der Waals surface area (Å²) in [5, 5.41) is 271. The van der Waals surface area contributed by atoms with Crippen molar-refractivity contribution in [1.29, 1.82) is 0 Å². The van der Waals surface area contributed by atoms with Gasteiger partial charge in [0.2, 0.25) is 23.6 Å². The predicted molar refractivity (Wildman–Crippen MR) is 315 cm³/mol. The first kappa shape index (κ1) is 86.4. The lowest BCUT2D eigenvalue weighted by Crippen LogP contribution is -2.72. The van der Waals surface area contributed by atoms with Crippen molar-refractivity contribution < 1.29 is 208 Å². The summed E-state index contributed by atoms with van der Waals surface area (Å²) in [7, 11) is 0. The number of rotatable bonds is 33. The molecule has 0 aromatic heterocycles. The molecule has 102 heavy (non-hydrogen) atoms. The highest BCUT2D eigenvalue weighted by Crippen LogP contribution is 2.42. The van der Waals surface area contributed by atoms with E-state index in [0.29, 0.717) is 0 Å². The molecule has 4 amide bonds. The van der Waals surface area contributed by atoms with E-state index in [-0.39, 0.29) is 0 Å². The Morgan fingerprint density at radius 1 is 0.441 bits per heavy atom. The molecule has 6 aliphatic heterocycles. The minimum atomic E-state index is -3.41. The van der Waals surface area contributed by atoms with Gasteiger partial charge in [0.05, 0.1) is 83.2 Å². The minimum absolute atomic E-state index is 0.873. The number of hydrogen-bond donors (Lipinski definition) is 28. The summed E-state index contributed by atoms with van der Waals surface area (Å²) >= 11 is 0. The van der Waals surface area contributed by atoms with Gasteiger partial charge in [0.25, 0.3) is 11.6 Å². The fraction of sp³-hybridized carbons (Fsp3) is 0.893. The Balaban J connectivity index is 1.30. The number of carboxylic acids is 2. The molecule has 6 aliphatic rings. The number of nitrogens with one attached hydrogen (secondary N) is 4. The summed E-state index contributed by atoms with van der Waals surface area (Å²) in [4.78, 5) is 76.5. The van der Waals surface area contributed by atoms with E-state index in [1.807, 2.05) is 0 Å². The molecule has 0 aromatic rings. The zero-order valence-corrected chi connectivity index (χ0v) is 54.8. The molecule has 0 bridgehead atoms. The second kappa shape index (κ2) is 37.3. The molecule has 6 fully saturated rings. The van der Waals surface area contributed by atoms with Crippen molar-refractivity contribution in [1.82, 2.24) is 21.3 Å². The van der Waals surface area contributed by atoms with E-state index in [1.165, 1.54) is 0 Å². The van der Waals surface area contributed by atoms with Crippen LogP contribution in [0.2, 0.25) is 0 Å². The minimum Gasteiger partial charge on any atom is -0.477 e. The third-order valence-electron chi connectivity index (χ3n) is 17.7. The van der Waals surface area contributed by atoms with Crippen LogP contribution in [0.25, 0.3) is 0 Å². The van der Waals surface area contributed by atoms with Crippen LogP contribution < -0.4 is 21.3 Å². The van der Waals surface area contributed by atoms with Gasteiger partial charge >= 0.3 is 11.9 Å². The zero-order valence-electron chi connectivity index (χ0n) is 54.8. The molecular weight excluding hydrogens is 1400 g/mol. The molecule has 6 heterocycles. The first-order chi connectivity index (χ1) is 47.8. The molecule has 36 atom stereocenters. The van der Waals surface area contributed by atoms with E-state index in [9.17, 15) is 151 Å². The normalized spacial score (nSPS) is 41.4. The molecule has 46 nitrogen and oxygen atoms in total. The Labute approximate surface area is 576 Å². The topological polar surface area (TPSA) is 747 Å². The smallest absolute Gasteiger partial charge is 0.364 e. The van der Waals surface area contributed by atoms with Crippen molar-refractivity contribution >= 4 is 35.6 Å². The standard InChI is InChI=1S/C56H94N4O42/c1-15(68)57-19(7-61)42(96-51-40(85)47(36(81)26(11-65)93-51)101-55(53(87)88)5-20(72)29(58-16(2)69)45(99-55)32(77)22(74)8-62)34(79)24(76)14-91-49-31(60-18(4)71)37(82)43(27(12-66)94-49)97-52-41(86)48(44(28(13-67)95-52)98-50-39(84)38(83)35(80)25(10-64)92-50)102-56(54(89)90)6-21(73)30(59-17(3)70)46(100-56)33(78)23(75)9-63/h19-52,61-67,72-86H,5-14H2,1-4H3,(H,57,68)(H,58,69)(H,59,70)(H,60,71)(H,87,88)(H,89,90)/t19-,20-,21-,22+,23+,24+,25+,26+,27+,28+,29+,30+,31+,32+,33+,34-,35-,36-,37+,38-,39+,40+,41+,42+,43+,44-,45+,46+,47-,48+,49+,50-,51-,52-,55-,56-/m0/s1. The van der Waals surface area contributed by atoms with Crippen LogP contribution in [0.3, 0.4) is 0 Å². The first-order valence-electron chi connectivity index (χ1n) is 31.8. The molecule has 0 unspecified atom stereocenters. The van der Waals surface area contributed by atoms with E-state index < -0.39 is 321 Å². The molecule has 6 saturated heterocycles. The van der Waals surface area contributed by atoms with Crippen LogP contribution in [0.1, 0.15) is 40.5 Å². The first-order valence-corrected chi connectivity index (χ1v) is 31.8. The number of carbonyl (C=O) groups is 6. The average Bonchev–Trinajstić information content (AvgIpc) is 0.752. The number of hydrogen-bond acceptors (Lipinski definition) is 40. The lowest BCUT2D eigenvalue weighted by Gasteiger charge is -2.52. The monoisotopic (exact) mass is 1490 g/mol. The molecule has 28 N–H and O–H groups in total. The van der Waals surface area contributed by atoms with Gasteiger partial charge in [-0.05, 0) is 0 Å². The average molecular weight is 1500 g/mol. The van der Waals surface area contributed by atoms with E-state index in [4.69, 9.17) is 56.8 Å². The number of amides is 4. The summed E-state index contributed by atoms with van der Waals surface area (Å²) < 4.78 is 69.3. The van der Waals surface area contributed by atoms with Crippen LogP contribution in [0.4, 0.5) is 0 Å². The SMILES string of the molecule is CC(=O)N[C@H]1[C@H](OC[C@@H](O)[C@H](O)[C@H](O[C@@H]2O[C@H](CO)[C@H](O)[C@H](O[C@]3(C(=O)O)C[C@H](O)[C@@H](NC(C)=O)[C@H]([C@H](O)[C@H](O)CO)O3)[C@H]2O)[C@H](CO)NC(C)=O)O[C@H](CO)[C@@H](O[C@@H]2O[C@H](CO)[C@H](O[C@@H]3O[C@H](CO)[C@H](O)[C@H](O)[C@H]3O)[C@H](O[C@]3(C(=O)O)C[C@H](O)[C@@H](NC(C)=O)[C@H]([C@H](O)[C@H](O)CO)O3)[C@H]2O)[C@@H]1O. The largest absolute Gasteiger partial charge is 0.477 e. The van der Waals surface area contributed by atoms with Gasteiger partial charge in [0.1, 0.15) is 153 Å². The van der Waals surface area contributed by atoms with Crippen LogP contribution in [0.5, 0.6) is 0 Å². The Morgan fingerprint density at radius 3 is 1.30 bits per heavy atom. The second-order valence-electron chi connectivity index (χ2n) is 25.2. The van der Waals surface area contributed by atoms with Crippen molar-refractivity contribution in [2.75, 3.05) is 52.9 Å². The summed E-state index contributed by atoms with van der Waals surface area (Å²) in [5.74, 6) is -14.8. The molecule has 6 rings (SSSR count). The second-order valence-corrected chi connectivity index (χ2v) is 25.2. The Kier molecular flexibility index (Phi) is 31.6. The van der Waals surface area contributed by atoms with Crippen molar-refractivity contribution in [3.8, 4) is 0 Å². The van der Waals surface area contributed by atoms with Crippen LogP contribution in [-0.4, -0.2) is 431 Å². The van der Waals surface area contributed by atoms with E-state index in [0.717, 1.165) is 27.7 Å². The lowest BCUT2D eigenvalue weighted by atomic mass is 9.88. The number of aliphatic hydroxyl groups is 22. The van der Waals surface area contributed by atoms with Gasteiger partial charge in [0.15, 0.2) is 25.2 Å². The lowest BCUT2D eigenvalue weighted by molar-refractivity contribution is -0.402. The Hall–Kier alpha value is -4.54. The van der Waals surface area contributed by atoms with Crippen LogP contribution >= 0.6 is 0 Å². The summed E-state index contributed by atoms with van der Waals surface area (Å²) in [6.07, 6.45) is -69.9. The van der Waals surface area contributed by atoms with Gasteiger partial charge in [-0.2, -0.15) is 0 Å². The quantitative estimate of drug-likeness (QED) is 0.0290. The van der Waals surface area contributed by atoms with Gasteiger partial charge in [0, 0.05) is 40.5 Å². The maximum atomic E-state index is 13.5. The molecular formula is C56H94N4O42. The number of carbonyl (C=O) groups excluding carboxylic acids is 4. The number of aliphatic carboxylic acids is 2. The fourth-order valence-corrected chi connectivity index (χ4v) is 12.5. The summed E-state index contributed by atoms with van der Waals surface area (Å²) in [6, 6.07) is -7.40.